The molecule has 1 aliphatic heterocycles. The third kappa shape index (κ3) is 6.32. The van der Waals surface area contributed by atoms with Gasteiger partial charge >= 0.3 is 0 Å². The number of likely N-dealkylation sites (tertiary alicyclic amines) is 1. The van der Waals surface area contributed by atoms with E-state index in [9.17, 15) is 9.59 Å². The van der Waals surface area contributed by atoms with E-state index >= 15 is 0 Å². The highest BCUT2D eigenvalue weighted by molar-refractivity contribution is 5.79. The van der Waals surface area contributed by atoms with Crippen molar-refractivity contribution in [3.63, 3.8) is 0 Å². The van der Waals surface area contributed by atoms with Gasteiger partial charge in [0.15, 0.2) is 0 Å². The molecule has 1 atom stereocenters. The van der Waals surface area contributed by atoms with E-state index in [1.165, 1.54) is 0 Å². The lowest BCUT2D eigenvalue weighted by Crippen LogP contribution is -2.47. The molecule has 1 heterocycles. The molecule has 0 aromatic rings. The van der Waals surface area contributed by atoms with Crippen molar-refractivity contribution in [1.29, 1.82) is 0 Å². The Morgan fingerprint density at radius 1 is 1.27 bits per heavy atom. The lowest BCUT2D eigenvalue weighted by Gasteiger charge is -2.32. The number of nitrogens with one attached hydrogen (secondary N) is 1. The Bertz CT molecular complexity index is 363. The van der Waals surface area contributed by atoms with E-state index in [-0.39, 0.29) is 24.3 Å². The molecule has 1 saturated heterocycles. The van der Waals surface area contributed by atoms with Crippen LogP contribution >= 0.6 is 0 Å². The van der Waals surface area contributed by atoms with Gasteiger partial charge in [-0.1, -0.05) is 0 Å². The van der Waals surface area contributed by atoms with Crippen LogP contribution in [0.15, 0.2) is 0 Å². The van der Waals surface area contributed by atoms with Crippen molar-refractivity contribution < 1.29 is 9.59 Å². The summed E-state index contributed by atoms with van der Waals surface area (Å²) in [6, 6.07) is 0.940. The normalized spacial score (nSPS) is 19.9. The number of hydrogen-bond donors (Lipinski definition) is 2. The predicted octanol–water partition coefficient (Wildman–Crippen LogP) is 0.419. The van der Waals surface area contributed by atoms with Gasteiger partial charge in [-0.2, -0.15) is 0 Å². The molecule has 0 spiro atoms. The molecule has 0 aromatic carbocycles. The van der Waals surface area contributed by atoms with Crippen molar-refractivity contribution >= 4 is 11.8 Å². The van der Waals surface area contributed by atoms with Crippen LogP contribution in [-0.2, 0) is 9.59 Å². The van der Waals surface area contributed by atoms with E-state index < -0.39 is 0 Å². The largest absolute Gasteiger partial charge is 0.369 e. The molecular formula is C16H32N4O2. The molecule has 0 radical (unpaired) electrons. The highest BCUT2D eigenvalue weighted by Crippen LogP contribution is 2.16. The molecule has 1 unspecified atom stereocenters. The number of rotatable bonds is 8. The zero-order valence-corrected chi connectivity index (χ0v) is 14.5. The Labute approximate surface area is 134 Å². The standard InChI is InChI=1S/C16H32N4O2/c1-12(2)20(13(3)4)9-7-18-16(22)14-6-5-8-19(10-14)11-15(17)21/h12-14H,5-11H2,1-4H3,(H2,17,21)(H,18,22). The summed E-state index contributed by atoms with van der Waals surface area (Å²) in [5.41, 5.74) is 5.23. The van der Waals surface area contributed by atoms with Gasteiger partial charge in [0.1, 0.15) is 0 Å². The van der Waals surface area contributed by atoms with Gasteiger partial charge in [-0.05, 0) is 47.1 Å². The molecule has 22 heavy (non-hydrogen) atoms. The molecule has 1 aliphatic rings. The van der Waals surface area contributed by atoms with E-state index in [1.807, 2.05) is 4.90 Å². The Hall–Kier alpha value is -1.14. The summed E-state index contributed by atoms with van der Waals surface area (Å²) < 4.78 is 0. The minimum Gasteiger partial charge on any atom is -0.369 e. The van der Waals surface area contributed by atoms with Crippen LogP contribution in [-0.4, -0.2) is 66.4 Å². The van der Waals surface area contributed by atoms with Crippen molar-refractivity contribution in [3.05, 3.63) is 0 Å². The molecule has 0 aromatic heterocycles. The topological polar surface area (TPSA) is 78.7 Å². The van der Waals surface area contributed by atoms with Gasteiger partial charge in [-0.15, -0.1) is 0 Å². The zero-order valence-electron chi connectivity index (χ0n) is 14.5. The summed E-state index contributed by atoms with van der Waals surface area (Å²) in [5.74, 6) is -0.258. The maximum absolute atomic E-state index is 12.3. The van der Waals surface area contributed by atoms with Crippen molar-refractivity contribution in [2.75, 3.05) is 32.7 Å². The van der Waals surface area contributed by atoms with E-state index in [1.54, 1.807) is 0 Å². The molecule has 0 saturated carbocycles. The van der Waals surface area contributed by atoms with Gasteiger partial charge in [-0.3, -0.25) is 19.4 Å². The third-order valence-electron chi connectivity index (χ3n) is 4.25. The average molecular weight is 312 g/mol. The molecular weight excluding hydrogens is 280 g/mol. The minimum atomic E-state index is -0.328. The van der Waals surface area contributed by atoms with Crippen LogP contribution in [0, 0.1) is 5.92 Å². The molecule has 1 rings (SSSR count). The van der Waals surface area contributed by atoms with E-state index in [0.717, 1.165) is 25.9 Å². The van der Waals surface area contributed by atoms with Gasteiger partial charge in [0.25, 0.3) is 0 Å². The Balaban J connectivity index is 2.36. The molecule has 128 valence electrons. The van der Waals surface area contributed by atoms with Gasteiger partial charge in [0.05, 0.1) is 12.5 Å². The molecule has 2 amide bonds. The maximum Gasteiger partial charge on any atom is 0.231 e. The molecule has 3 N–H and O–H groups in total. The van der Waals surface area contributed by atoms with E-state index in [0.29, 0.717) is 25.2 Å². The van der Waals surface area contributed by atoms with Crippen molar-refractivity contribution in [2.24, 2.45) is 11.7 Å². The summed E-state index contributed by atoms with van der Waals surface area (Å²) in [6.07, 6.45) is 1.83. The van der Waals surface area contributed by atoms with Crippen LogP contribution in [0.5, 0.6) is 0 Å². The summed E-state index contributed by atoms with van der Waals surface area (Å²) in [7, 11) is 0. The summed E-state index contributed by atoms with van der Waals surface area (Å²) in [5, 5.41) is 3.04. The first kappa shape index (κ1) is 18.9. The van der Waals surface area contributed by atoms with Gasteiger partial charge < -0.3 is 11.1 Å². The van der Waals surface area contributed by atoms with Crippen LogP contribution in [0.1, 0.15) is 40.5 Å². The third-order valence-corrected chi connectivity index (χ3v) is 4.25. The zero-order chi connectivity index (χ0) is 16.7. The Morgan fingerprint density at radius 3 is 2.45 bits per heavy atom. The van der Waals surface area contributed by atoms with Crippen LogP contribution in [0.3, 0.4) is 0 Å². The lowest BCUT2D eigenvalue weighted by molar-refractivity contribution is -0.128. The number of nitrogens with two attached hydrogens (primary N) is 1. The highest BCUT2D eigenvalue weighted by Gasteiger charge is 2.26. The number of piperidine rings is 1. The van der Waals surface area contributed by atoms with E-state index in [4.69, 9.17) is 5.73 Å². The predicted molar refractivity (Wildman–Crippen MR) is 88.3 cm³/mol. The minimum absolute atomic E-state index is 0.0281. The molecule has 1 fully saturated rings. The van der Waals surface area contributed by atoms with Crippen molar-refractivity contribution in [1.82, 2.24) is 15.1 Å². The molecule has 0 aliphatic carbocycles. The lowest BCUT2D eigenvalue weighted by atomic mass is 9.97. The van der Waals surface area contributed by atoms with Gasteiger partial charge in [0.2, 0.25) is 11.8 Å². The number of primary amides is 1. The van der Waals surface area contributed by atoms with E-state index in [2.05, 4.69) is 37.9 Å². The Morgan fingerprint density at radius 2 is 1.91 bits per heavy atom. The fourth-order valence-electron chi connectivity index (χ4n) is 3.20. The van der Waals surface area contributed by atoms with Gasteiger partial charge in [-0.25, -0.2) is 0 Å². The number of hydrogen-bond acceptors (Lipinski definition) is 4. The second-order valence-electron chi connectivity index (χ2n) is 6.76. The van der Waals surface area contributed by atoms with Crippen LogP contribution < -0.4 is 11.1 Å². The molecule has 0 bridgehead atoms. The first-order valence-electron chi connectivity index (χ1n) is 8.35. The molecule has 6 heteroatoms. The summed E-state index contributed by atoms with van der Waals surface area (Å²) in [6.45, 7) is 11.9. The van der Waals surface area contributed by atoms with Crippen LogP contribution in [0.4, 0.5) is 0 Å². The van der Waals surface area contributed by atoms with Crippen molar-refractivity contribution in [2.45, 2.75) is 52.6 Å². The average Bonchev–Trinajstić information content (AvgIpc) is 2.42. The highest BCUT2D eigenvalue weighted by atomic mass is 16.2. The SMILES string of the molecule is CC(C)N(CCNC(=O)C1CCCN(CC(N)=O)C1)C(C)C. The fourth-order valence-corrected chi connectivity index (χ4v) is 3.20. The smallest absolute Gasteiger partial charge is 0.231 e. The Kier molecular flexibility index (Phi) is 7.82. The fraction of sp³-hybridized carbons (Fsp3) is 0.875. The summed E-state index contributed by atoms with van der Waals surface area (Å²) in [4.78, 5) is 27.6. The number of carbonyl (C=O) groups excluding carboxylic acids is 2. The number of amides is 2. The quantitative estimate of drug-likeness (QED) is 0.681. The van der Waals surface area contributed by atoms with Gasteiger partial charge in [0, 0.05) is 31.7 Å². The second kappa shape index (κ2) is 9.10. The first-order chi connectivity index (χ1) is 10.3. The number of carbonyl (C=O) groups is 2. The summed E-state index contributed by atoms with van der Waals surface area (Å²) >= 11 is 0. The van der Waals surface area contributed by atoms with Crippen molar-refractivity contribution in [3.8, 4) is 0 Å². The van der Waals surface area contributed by atoms with Crippen LogP contribution in [0.25, 0.3) is 0 Å². The second-order valence-corrected chi connectivity index (χ2v) is 6.76. The maximum atomic E-state index is 12.3. The first-order valence-corrected chi connectivity index (χ1v) is 8.35. The molecule has 6 nitrogen and oxygen atoms in total. The monoisotopic (exact) mass is 312 g/mol. The number of nitrogens with zero attached hydrogens (tertiary/aromatic N) is 2. The van der Waals surface area contributed by atoms with Crippen LogP contribution in [0.2, 0.25) is 0 Å².